The summed E-state index contributed by atoms with van der Waals surface area (Å²) in [7, 11) is 0. The molecule has 3 atom stereocenters. The highest BCUT2D eigenvalue weighted by Crippen LogP contribution is 2.39. The number of benzene rings is 1. The van der Waals surface area contributed by atoms with Crippen molar-refractivity contribution in [3.05, 3.63) is 18.2 Å². The van der Waals surface area contributed by atoms with Gasteiger partial charge in [0.1, 0.15) is 0 Å². The second kappa shape index (κ2) is 5.82. The molecular weight excluding hydrogens is 306 g/mol. The van der Waals surface area contributed by atoms with Crippen molar-refractivity contribution in [3.63, 3.8) is 0 Å². The molecule has 21 heavy (non-hydrogen) atoms. The van der Waals surface area contributed by atoms with E-state index in [-0.39, 0.29) is 17.2 Å². The monoisotopic (exact) mass is 323 g/mol. The molecule has 0 bridgehead atoms. The fourth-order valence-corrected chi connectivity index (χ4v) is 5.20. The standard InChI is InChI=1S/C14H17N3O2S2/c1-7(18)16-10-4-5-11(19)13(10)21-14-17-9-3-2-8(15)6-12(9)20-14/h2-3,6,10-11,13,19H,4-5,15H2,1H3,(H,16,18)/t10-,11-,13?/m0/s1. The number of hydrogen-bond acceptors (Lipinski definition) is 6. The van der Waals surface area contributed by atoms with Gasteiger partial charge in [0.05, 0.1) is 21.6 Å². The minimum Gasteiger partial charge on any atom is -0.399 e. The first-order chi connectivity index (χ1) is 10.0. The Hall–Kier alpha value is -1.31. The summed E-state index contributed by atoms with van der Waals surface area (Å²) in [6.07, 6.45) is 1.10. The molecule has 1 aromatic heterocycles. The van der Waals surface area contributed by atoms with E-state index in [2.05, 4.69) is 10.3 Å². The van der Waals surface area contributed by atoms with Crippen LogP contribution in [-0.2, 0) is 4.79 Å². The van der Waals surface area contributed by atoms with Crippen LogP contribution in [0.15, 0.2) is 22.5 Å². The second-order valence-corrected chi connectivity index (χ2v) is 7.70. The number of aliphatic hydroxyl groups excluding tert-OH is 1. The van der Waals surface area contributed by atoms with Gasteiger partial charge in [-0.05, 0) is 31.0 Å². The number of nitrogens with one attached hydrogen (secondary N) is 1. The summed E-state index contributed by atoms with van der Waals surface area (Å²) in [6, 6.07) is 5.65. The molecule has 1 heterocycles. The molecule has 5 nitrogen and oxygen atoms in total. The van der Waals surface area contributed by atoms with Crippen molar-refractivity contribution in [3.8, 4) is 0 Å². The number of amides is 1. The molecule has 0 aliphatic heterocycles. The van der Waals surface area contributed by atoms with E-state index in [9.17, 15) is 9.90 Å². The number of thioether (sulfide) groups is 1. The second-order valence-electron chi connectivity index (χ2n) is 5.24. The van der Waals surface area contributed by atoms with Gasteiger partial charge in [-0.15, -0.1) is 11.3 Å². The van der Waals surface area contributed by atoms with Crippen molar-refractivity contribution >= 4 is 44.9 Å². The highest BCUT2D eigenvalue weighted by atomic mass is 32.2. The molecule has 112 valence electrons. The van der Waals surface area contributed by atoms with E-state index >= 15 is 0 Å². The highest BCUT2D eigenvalue weighted by molar-refractivity contribution is 8.01. The van der Waals surface area contributed by atoms with E-state index in [1.807, 2.05) is 18.2 Å². The Morgan fingerprint density at radius 2 is 2.33 bits per heavy atom. The van der Waals surface area contributed by atoms with Crippen LogP contribution >= 0.6 is 23.1 Å². The molecule has 1 aliphatic rings. The zero-order chi connectivity index (χ0) is 15.0. The number of aliphatic hydroxyl groups is 1. The first-order valence-electron chi connectivity index (χ1n) is 6.81. The van der Waals surface area contributed by atoms with Gasteiger partial charge in [0, 0.05) is 18.7 Å². The van der Waals surface area contributed by atoms with Crippen molar-refractivity contribution in [2.24, 2.45) is 0 Å². The number of carbonyl (C=O) groups is 1. The first kappa shape index (κ1) is 14.6. The Kier molecular flexibility index (Phi) is 4.05. The maximum atomic E-state index is 11.3. The zero-order valence-corrected chi connectivity index (χ0v) is 13.2. The van der Waals surface area contributed by atoms with E-state index in [1.165, 1.54) is 6.92 Å². The number of hydrogen-bond donors (Lipinski definition) is 3. The topological polar surface area (TPSA) is 88.2 Å². The van der Waals surface area contributed by atoms with Gasteiger partial charge >= 0.3 is 0 Å². The minimum atomic E-state index is -0.413. The molecule has 7 heteroatoms. The Balaban J connectivity index is 1.80. The Bertz CT molecular complexity index is 673. The number of anilines is 1. The predicted molar refractivity (Wildman–Crippen MR) is 86.5 cm³/mol. The summed E-state index contributed by atoms with van der Waals surface area (Å²) < 4.78 is 1.94. The fourth-order valence-electron chi connectivity index (χ4n) is 2.61. The third kappa shape index (κ3) is 3.14. The van der Waals surface area contributed by atoms with Crippen LogP contribution in [-0.4, -0.2) is 33.4 Å². The molecule has 1 unspecified atom stereocenters. The molecule has 0 spiro atoms. The SMILES string of the molecule is CC(=O)N[C@H]1CC[C@H](O)C1Sc1nc2ccc(N)cc2s1. The van der Waals surface area contributed by atoms with Crippen molar-refractivity contribution < 1.29 is 9.90 Å². The lowest BCUT2D eigenvalue weighted by molar-refractivity contribution is -0.119. The summed E-state index contributed by atoms with van der Waals surface area (Å²) >= 11 is 3.11. The number of nitrogens with zero attached hydrogens (tertiary/aromatic N) is 1. The van der Waals surface area contributed by atoms with E-state index in [0.717, 1.165) is 26.7 Å². The molecule has 1 aromatic carbocycles. The third-order valence-corrected chi connectivity index (χ3v) is 6.13. The average Bonchev–Trinajstić information content (AvgIpc) is 2.95. The molecule has 1 fully saturated rings. The molecule has 0 radical (unpaired) electrons. The number of rotatable bonds is 3. The van der Waals surface area contributed by atoms with E-state index in [1.54, 1.807) is 23.1 Å². The van der Waals surface area contributed by atoms with E-state index in [0.29, 0.717) is 6.42 Å². The Labute approximate surface area is 130 Å². The molecule has 4 N–H and O–H groups in total. The Morgan fingerprint density at radius 1 is 1.52 bits per heavy atom. The van der Waals surface area contributed by atoms with Gasteiger partial charge in [0.15, 0.2) is 4.34 Å². The van der Waals surface area contributed by atoms with Gasteiger partial charge in [-0.1, -0.05) is 11.8 Å². The number of nitrogen functional groups attached to an aromatic ring is 1. The highest BCUT2D eigenvalue weighted by Gasteiger charge is 2.36. The fraction of sp³-hybridized carbons (Fsp3) is 0.429. The third-order valence-electron chi connectivity index (χ3n) is 3.57. The molecule has 3 rings (SSSR count). The average molecular weight is 323 g/mol. The molecular formula is C14H17N3O2S2. The first-order valence-corrected chi connectivity index (χ1v) is 8.50. The number of aromatic nitrogens is 1. The zero-order valence-electron chi connectivity index (χ0n) is 11.6. The van der Waals surface area contributed by atoms with Gasteiger partial charge in [0.25, 0.3) is 0 Å². The molecule has 0 saturated heterocycles. The van der Waals surface area contributed by atoms with Gasteiger partial charge in [-0.25, -0.2) is 4.98 Å². The minimum absolute atomic E-state index is 0.000387. The summed E-state index contributed by atoms with van der Waals surface area (Å²) in [4.78, 5) is 15.8. The largest absolute Gasteiger partial charge is 0.399 e. The summed E-state index contributed by atoms with van der Waals surface area (Å²) in [5.74, 6) is -0.0585. The van der Waals surface area contributed by atoms with Crippen LogP contribution in [0.4, 0.5) is 5.69 Å². The van der Waals surface area contributed by atoms with Crippen LogP contribution in [0, 0.1) is 0 Å². The van der Waals surface area contributed by atoms with Crippen LogP contribution in [0.3, 0.4) is 0 Å². The Morgan fingerprint density at radius 3 is 3.10 bits per heavy atom. The van der Waals surface area contributed by atoms with Crippen molar-refractivity contribution in [1.82, 2.24) is 10.3 Å². The summed E-state index contributed by atoms with van der Waals surface area (Å²) in [6.45, 7) is 1.51. The van der Waals surface area contributed by atoms with E-state index < -0.39 is 6.10 Å². The summed E-state index contributed by atoms with van der Waals surface area (Å²) in [5, 5.41) is 13.0. The lowest BCUT2D eigenvalue weighted by Crippen LogP contribution is -2.40. The van der Waals surface area contributed by atoms with Crippen LogP contribution in [0.1, 0.15) is 19.8 Å². The van der Waals surface area contributed by atoms with Crippen LogP contribution in [0.25, 0.3) is 10.2 Å². The smallest absolute Gasteiger partial charge is 0.217 e. The summed E-state index contributed by atoms with van der Waals surface area (Å²) in [5.41, 5.74) is 7.42. The van der Waals surface area contributed by atoms with Gasteiger partial charge in [-0.3, -0.25) is 4.79 Å². The van der Waals surface area contributed by atoms with Crippen molar-refractivity contribution in [2.45, 2.75) is 41.5 Å². The van der Waals surface area contributed by atoms with E-state index in [4.69, 9.17) is 5.73 Å². The van der Waals surface area contributed by atoms with Gasteiger partial charge in [0.2, 0.25) is 5.91 Å². The van der Waals surface area contributed by atoms with Crippen molar-refractivity contribution in [1.29, 1.82) is 0 Å². The number of nitrogens with two attached hydrogens (primary N) is 1. The van der Waals surface area contributed by atoms with Crippen molar-refractivity contribution in [2.75, 3.05) is 5.73 Å². The maximum Gasteiger partial charge on any atom is 0.217 e. The number of thiazole rings is 1. The van der Waals surface area contributed by atoms with Crippen LogP contribution < -0.4 is 11.1 Å². The molecule has 1 amide bonds. The molecule has 1 aliphatic carbocycles. The lowest BCUT2D eigenvalue weighted by atomic mass is 10.2. The van der Waals surface area contributed by atoms with Gasteiger partial charge < -0.3 is 16.2 Å². The van der Waals surface area contributed by atoms with Crippen LogP contribution in [0.2, 0.25) is 0 Å². The predicted octanol–water partition coefficient (Wildman–Crippen LogP) is 2.00. The maximum absolute atomic E-state index is 11.3. The van der Waals surface area contributed by atoms with Crippen LogP contribution in [0.5, 0.6) is 0 Å². The quantitative estimate of drug-likeness (QED) is 0.752. The molecule has 2 aromatic rings. The number of carbonyl (C=O) groups excluding carboxylic acids is 1. The lowest BCUT2D eigenvalue weighted by Gasteiger charge is -2.20. The van der Waals surface area contributed by atoms with Gasteiger partial charge in [-0.2, -0.15) is 0 Å². The molecule has 1 saturated carbocycles. The normalized spacial score (nSPS) is 25.3. The number of fused-ring (bicyclic) bond motifs is 1.